The van der Waals surface area contributed by atoms with Crippen LogP contribution >= 0.6 is 8.38 Å². The summed E-state index contributed by atoms with van der Waals surface area (Å²) in [6, 6.07) is 13.1. The van der Waals surface area contributed by atoms with E-state index in [0.717, 1.165) is 23.9 Å². The van der Waals surface area contributed by atoms with Crippen LogP contribution in [0.5, 0.6) is 0 Å². The molecule has 37 heavy (non-hydrogen) atoms. The molecular formula is C34H41O2P. The summed E-state index contributed by atoms with van der Waals surface area (Å²) in [6.45, 7) is 20.3. The van der Waals surface area contributed by atoms with Crippen LogP contribution in [-0.2, 0) is 9.05 Å². The smallest absolute Gasteiger partial charge is 0.266 e. The van der Waals surface area contributed by atoms with Crippen LogP contribution in [0.4, 0.5) is 0 Å². The Balaban J connectivity index is 1.82. The monoisotopic (exact) mass is 512 g/mol. The molecule has 0 aromatic heterocycles. The molecule has 5 rings (SSSR count). The summed E-state index contributed by atoms with van der Waals surface area (Å²) < 4.78 is 14.4. The zero-order chi connectivity index (χ0) is 26.7. The molecule has 0 amide bonds. The van der Waals surface area contributed by atoms with Crippen molar-refractivity contribution in [2.24, 2.45) is 10.8 Å². The molecule has 1 heterocycles. The third-order valence-corrected chi connectivity index (χ3v) is 9.18. The quantitative estimate of drug-likeness (QED) is 0.354. The molecule has 194 valence electrons. The number of hydrogen-bond donors (Lipinski definition) is 0. The zero-order valence-electron chi connectivity index (χ0n) is 24.0. The number of benzene rings is 2. The Morgan fingerprint density at radius 1 is 0.784 bits per heavy atom. The van der Waals surface area contributed by atoms with Crippen LogP contribution in [0.1, 0.15) is 73.8 Å². The lowest BCUT2D eigenvalue weighted by Gasteiger charge is -2.41. The van der Waals surface area contributed by atoms with Gasteiger partial charge in [-0.1, -0.05) is 101 Å². The number of rotatable bonds is 1. The van der Waals surface area contributed by atoms with Gasteiger partial charge in [-0.15, -0.1) is 0 Å². The van der Waals surface area contributed by atoms with Crippen molar-refractivity contribution in [2.75, 3.05) is 0 Å². The van der Waals surface area contributed by atoms with Gasteiger partial charge in [-0.25, -0.2) is 0 Å². The summed E-state index contributed by atoms with van der Waals surface area (Å²) in [7, 11) is -1.40. The van der Waals surface area contributed by atoms with Crippen molar-refractivity contribution in [2.45, 2.75) is 81.3 Å². The Labute approximate surface area is 224 Å². The summed E-state index contributed by atoms with van der Waals surface area (Å²) >= 11 is 0. The van der Waals surface area contributed by atoms with Gasteiger partial charge in [0.05, 0.1) is 5.30 Å². The van der Waals surface area contributed by atoms with Crippen LogP contribution in [-0.4, -0.2) is 6.10 Å². The molecule has 2 atom stereocenters. The molecule has 2 aromatic rings. The van der Waals surface area contributed by atoms with Gasteiger partial charge in [0, 0.05) is 11.0 Å². The molecule has 3 aliphatic rings. The van der Waals surface area contributed by atoms with E-state index in [1.807, 2.05) is 0 Å². The zero-order valence-corrected chi connectivity index (χ0v) is 24.8. The first-order chi connectivity index (χ1) is 17.3. The summed E-state index contributed by atoms with van der Waals surface area (Å²) in [5, 5.41) is 3.63. The average molecular weight is 513 g/mol. The molecule has 2 nitrogen and oxygen atoms in total. The van der Waals surface area contributed by atoms with E-state index in [9.17, 15) is 0 Å². The minimum Gasteiger partial charge on any atom is -0.447 e. The lowest BCUT2D eigenvalue weighted by molar-refractivity contribution is 0.210. The van der Waals surface area contributed by atoms with E-state index in [0.29, 0.717) is 0 Å². The SMILES string of the molecule is CC1=C/C2=C3\CCC(C)=CC3=C(C(C)(C)C)OP(c3ccc(C)c4ccccc34)OC2C(C(C)(C)C)=C1. The molecule has 2 unspecified atom stereocenters. The highest BCUT2D eigenvalue weighted by Gasteiger charge is 2.40. The van der Waals surface area contributed by atoms with Crippen molar-refractivity contribution < 1.29 is 9.05 Å². The normalized spacial score (nSPS) is 24.8. The number of allylic oxidation sites excluding steroid dienone is 7. The van der Waals surface area contributed by atoms with Crippen LogP contribution in [0, 0.1) is 17.8 Å². The molecule has 2 aromatic carbocycles. The first-order valence-corrected chi connectivity index (χ1v) is 14.7. The van der Waals surface area contributed by atoms with Gasteiger partial charge in [-0.3, -0.25) is 0 Å². The average Bonchev–Trinajstić information content (AvgIpc) is 2.80. The Morgan fingerprint density at radius 2 is 1.49 bits per heavy atom. The molecule has 3 heteroatoms. The lowest BCUT2D eigenvalue weighted by Crippen LogP contribution is -2.32. The fourth-order valence-corrected chi connectivity index (χ4v) is 7.47. The minimum absolute atomic E-state index is 0.0291. The van der Waals surface area contributed by atoms with E-state index in [1.54, 1.807) is 0 Å². The van der Waals surface area contributed by atoms with Gasteiger partial charge in [-0.05, 0) is 78.1 Å². The number of fused-ring (bicyclic) bond motifs is 3. The summed E-state index contributed by atoms with van der Waals surface area (Å²) in [5.74, 6) is 1.04. The van der Waals surface area contributed by atoms with Crippen molar-refractivity contribution in [3.63, 3.8) is 0 Å². The Hall–Kier alpha value is -2.41. The van der Waals surface area contributed by atoms with E-state index in [2.05, 4.69) is 117 Å². The highest BCUT2D eigenvalue weighted by Crippen LogP contribution is 2.55. The van der Waals surface area contributed by atoms with E-state index < -0.39 is 8.38 Å². The molecule has 0 N–H and O–H groups in total. The van der Waals surface area contributed by atoms with Crippen LogP contribution in [0.25, 0.3) is 10.8 Å². The standard InChI is InChI=1S/C34H41O2P/c1-21-14-16-25-27-19-22(2)20-29(33(4,5)6)31(27)35-37(36-32(28(25)18-21)34(7,8)9)30-17-15-23(3)24-12-10-11-13-26(24)30/h10-13,15,17-20,31H,14,16H2,1-9H3/b27-25-,32-28?. The summed E-state index contributed by atoms with van der Waals surface area (Å²) in [6.07, 6.45) is 9.06. The molecule has 0 saturated carbocycles. The first kappa shape index (κ1) is 26.2. The van der Waals surface area contributed by atoms with E-state index in [4.69, 9.17) is 9.05 Å². The predicted octanol–water partition coefficient (Wildman–Crippen LogP) is 9.77. The second-order valence-electron chi connectivity index (χ2n) is 12.9. The van der Waals surface area contributed by atoms with E-state index in [-0.39, 0.29) is 16.9 Å². The molecule has 0 bridgehead atoms. The molecule has 1 aliphatic heterocycles. The Morgan fingerprint density at radius 3 is 2.16 bits per heavy atom. The Kier molecular flexibility index (Phi) is 6.66. The largest absolute Gasteiger partial charge is 0.447 e. The third kappa shape index (κ3) is 4.91. The van der Waals surface area contributed by atoms with Crippen molar-refractivity contribution >= 4 is 24.5 Å². The van der Waals surface area contributed by atoms with Crippen LogP contribution in [0.15, 0.2) is 93.8 Å². The van der Waals surface area contributed by atoms with Gasteiger partial charge in [-0.2, -0.15) is 0 Å². The molecule has 0 radical (unpaired) electrons. The molecular weight excluding hydrogens is 471 g/mol. The maximum absolute atomic E-state index is 7.24. The van der Waals surface area contributed by atoms with Crippen molar-refractivity contribution in [1.29, 1.82) is 0 Å². The van der Waals surface area contributed by atoms with Gasteiger partial charge >= 0.3 is 0 Å². The maximum Gasteiger partial charge on any atom is 0.266 e. The van der Waals surface area contributed by atoms with Crippen molar-refractivity contribution in [3.8, 4) is 0 Å². The maximum atomic E-state index is 7.24. The van der Waals surface area contributed by atoms with Crippen LogP contribution in [0.2, 0.25) is 0 Å². The molecule has 0 saturated heterocycles. The summed E-state index contributed by atoms with van der Waals surface area (Å²) in [4.78, 5) is 0. The number of aryl methyl sites for hydroxylation is 1. The highest BCUT2D eigenvalue weighted by molar-refractivity contribution is 7.56. The minimum atomic E-state index is -1.40. The molecule has 2 aliphatic carbocycles. The molecule has 0 fully saturated rings. The predicted molar refractivity (Wildman–Crippen MR) is 159 cm³/mol. The van der Waals surface area contributed by atoms with Crippen LogP contribution in [0.3, 0.4) is 0 Å². The topological polar surface area (TPSA) is 18.5 Å². The van der Waals surface area contributed by atoms with Crippen molar-refractivity contribution in [3.05, 3.63) is 99.4 Å². The third-order valence-electron chi connectivity index (χ3n) is 7.65. The van der Waals surface area contributed by atoms with E-state index in [1.165, 1.54) is 49.8 Å². The molecule has 0 spiro atoms. The second kappa shape index (κ2) is 9.40. The fourth-order valence-electron chi connectivity index (χ4n) is 5.67. The van der Waals surface area contributed by atoms with Crippen LogP contribution < -0.4 is 5.30 Å². The van der Waals surface area contributed by atoms with E-state index >= 15 is 0 Å². The van der Waals surface area contributed by atoms with Crippen molar-refractivity contribution in [1.82, 2.24) is 0 Å². The highest BCUT2D eigenvalue weighted by atomic mass is 31.2. The van der Waals surface area contributed by atoms with Gasteiger partial charge in [0.15, 0.2) is 0 Å². The summed E-state index contributed by atoms with van der Waals surface area (Å²) in [5.41, 5.74) is 9.08. The van der Waals surface area contributed by atoms with Gasteiger partial charge in [0.2, 0.25) is 0 Å². The van der Waals surface area contributed by atoms with Gasteiger partial charge in [0.1, 0.15) is 11.9 Å². The lowest BCUT2D eigenvalue weighted by atomic mass is 9.73. The second-order valence-corrected chi connectivity index (χ2v) is 14.3. The van der Waals surface area contributed by atoms with Gasteiger partial charge < -0.3 is 9.05 Å². The Bertz CT molecular complexity index is 1420. The first-order valence-electron chi connectivity index (χ1n) is 13.5. The number of hydrogen-bond acceptors (Lipinski definition) is 2. The van der Waals surface area contributed by atoms with Gasteiger partial charge in [0.25, 0.3) is 8.38 Å². The fraction of sp³-hybridized carbons (Fsp3) is 0.412.